The number of nitrogens with zero attached hydrogens (tertiary/aromatic N) is 1. The molecular formula is C21H22N2O3. The van der Waals surface area contributed by atoms with Crippen LogP contribution in [0.5, 0.6) is 5.75 Å². The highest BCUT2D eigenvalue weighted by Crippen LogP contribution is 2.26. The number of nitrogens with one attached hydrogen (secondary N) is 1. The van der Waals surface area contributed by atoms with E-state index in [0.29, 0.717) is 30.1 Å². The predicted molar refractivity (Wildman–Crippen MR) is 101 cm³/mol. The molecule has 0 saturated carbocycles. The van der Waals surface area contributed by atoms with Crippen molar-refractivity contribution in [2.75, 3.05) is 5.32 Å². The van der Waals surface area contributed by atoms with Crippen molar-refractivity contribution in [3.63, 3.8) is 0 Å². The molecule has 26 heavy (non-hydrogen) atoms. The van der Waals surface area contributed by atoms with E-state index in [4.69, 9.17) is 4.74 Å². The first-order valence-corrected chi connectivity index (χ1v) is 8.57. The summed E-state index contributed by atoms with van der Waals surface area (Å²) in [6, 6.07) is 12.8. The van der Waals surface area contributed by atoms with Gasteiger partial charge in [-0.05, 0) is 61.4 Å². The molecule has 0 unspecified atom stereocenters. The quantitative estimate of drug-likeness (QED) is 0.836. The van der Waals surface area contributed by atoms with Crippen molar-refractivity contribution in [1.82, 2.24) is 4.90 Å². The van der Waals surface area contributed by atoms with Crippen molar-refractivity contribution in [3.8, 4) is 5.75 Å². The molecular weight excluding hydrogens is 328 g/mol. The van der Waals surface area contributed by atoms with Crippen molar-refractivity contribution in [1.29, 1.82) is 0 Å². The Kier molecular flexibility index (Phi) is 5.07. The third kappa shape index (κ3) is 3.94. The minimum Gasteiger partial charge on any atom is -0.491 e. The number of fused-ring (bicyclic) bond motifs is 1. The summed E-state index contributed by atoms with van der Waals surface area (Å²) in [5.41, 5.74) is 3.37. The number of hydrogen-bond donors (Lipinski definition) is 1. The summed E-state index contributed by atoms with van der Waals surface area (Å²) in [7, 11) is 0. The number of carbonyl (C=O) groups excluding carboxylic acids is 2. The van der Waals surface area contributed by atoms with Gasteiger partial charge in [-0.1, -0.05) is 18.7 Å². The van der Waals surface area contributed by atoms with Crippen LogP contribution >= 0.6 is 0 Å². The zero-order valence-electron chi connectivity index (χ0n) is 15.0. The molecule has 0 aromatic heterocycles. The van der Waals surface area contributed by atoms with Gasteiger partial charge in [0.05, 0.1) is 6.10 Å². The predicted octanol–water partition coefficient (Wildman–Crippen LogP) is 3.75. The van der Waals surface area contributed by atoms with Crippen LogP contribution in [0, 0.1) is 0 Å². The molecule has 0 atom stereocenters. The van der Waals surface area contributed by atoms with Crippen LogP contribution in [0.25, 0.3) is 0 Å². The molecule has 1 heterocycles. The number of anilines is 1. The van der Waals surface area contributed by atoms with Crippen molar-refractivity contribution >= 4 is 17.5 Å². The molecule has 1 aliphatic heterocycles. The zero-order chi connectivity index (χ0) is 18.7. The normalized spacial score (nSPS) is 12.7. The van der Waals surface area contributed by atoms with Crippen LogP contribution in [0.15, 0.2) is 55.1 Å². The standard InChI is InChI=1S/C21H22N2O3/c1-4-20(24)23-12-16-8-9-18(10-17(16)13-23)22-21(25)15-6-5-7-19(11-15)26-14(2)3/h4-11,14H,1,12-13H2,2-3H3,(H,22,25). The molecule has 1 aliphatic rings. The Morgan fingerprint density at radius 3 is 2.65 bits per heavy atom. The van der Waals surface area contributed by atoms with Crippen molar-refractivity contribution in [2.24, 2.45) is 0 Å². The van der Waals surface area contributed by atoms with Gasteiger partial charge >= 0.3 is 0 Å². The highest BCUT2D eigenvalue weighted by atomic mass is 16.5. The third-order valence-corrected chi connectivity index (χ3v) is 4.14. The van der Waals surface area contributed by atoms with Gasteiger partial charge in [0.1, 0.15) is 5.75 Å². The smallest absolute Gasteiger partial charge is 0.255 e. The summed E-state index contributed by atoms with van der Waals surface area (Å²) in [6.45, 7) is 8.51. The molecule has 3 rings (SSSR count). The molecule has 134 valence electrons. The fraction of sp³-hybridized carbons (Fsp3) is 0.238. The van der Waals surface area contributed by atoms with E-state index in [1.807, 2.05) is 38.1 Å². The highest BCUT2D eigenvalue weighted by Gasteiger charge is 2.22. The van der Waals surface area contributed by atoms with Crippen LogP contribution in [0.2, 0.25) is 0 Å². The Balaban J connectivity index is 1.72. The first kappa shape index (κ1) is 17.7. The largest absolute Gasteiger partial charge is 0.491 e. The third-order valence-electron chi connectivity index (χ3n) is 4.14. The van der Waals surface area contributed by atoms with E-state index < -0.39 is 0 Å². The Hall–Kier alpha value is -3.08. The lowest BCUT2D eigenvalue weighted by molar-refractivity contribution is -0.126. The zero-order valence-corrected chi connectivity index (χ0v) is 15.0. The average molecular weight is 350 g/mol. The van der Waals surface area contributed by atoms with Crippen LogP contribution in [-0.2, 0) is 17.9 Å². The van der Waals surface area contributed by atoms with Gasteiger partial charge in [-0.25, -0.2) is 0 Å². The molecule has 5 heteroatoms. The highest BCUT2D eigenvalue weighted by molar-refractivity contribution is 6.04. The Labute approximate surface area is 153 Å². The second-order valence-electron chi connectivity index (χ2n) is 6.53. The number of rotatable bonds is 5. The molecule has 1 N–H and O–H groups in total. The molecule has 0 spiro atoms. The topological polar surface area (TPSA) is 58.6 Å². The van der Waals surface area contributed by atoms with E-state index in [1.54, 1.807) is 23.1 Å². The fourth-order valence-electron chi connectivity index (χ4n) is 2.94. The second-order valence-corrected chi connectivity index (χ2v) is 6.53. The average Bonchev–Trinajstić information content (AvgIpc) is 3.04. The van der Waals surface area contributed by atoms with Crippen molar-refractivity contribution in [2.45, 2.75) is 33.0 Å². The summed E-state index contributed by atoms with van der Waals surface area (Å²) < 4.78 is 5.64. The maximum absolute atomic E-state index is 12.5. The first-order valence-electron chi connectivity index (χ1n) is 8.57. The van der Waals surface area contributed by atoms with Crippen LogP contribution in [0.3, 0.4) is 0 Å². The lowest BCUT2D eigenvalue weighted by Crippen LogP contribution is -2.22. The van der Waals surface area contributed by atoms with Crippen molar-refractivity contribution < 1.29 is 14.3 Å². The lowest BCUT2D eigenvalue weighted by atomic mass is 10.1. The summed E-state index contributed by atoms with van der Waals surface area (Å²) >= 11 is 0. The van der Waals surface area contributed by atoms with Crippen molar-refractivity contribution in [3.05, 3.63) is 71.8 Å². The SMILES string of the molecule is C=CC(=O)N1Cc2ccc(NC(=O)c3cccc(OC(C)C)c3)cc2C1. The van der Waals surface area contributed by atoms with E-state index in [1.165, 1.54) is 6.08 Å². The summed E-state index contributed by atoms with van der Waals surface area (Å²) in [6.07, 6.45) is 1.37. The number of ether oxygens (including phenoxy) is 1. The lowest BCUT2D eigenvalue weighted by Gasteiger charge is -2.12. The molecule has 0 radical (unpaired) electrons. The molecule has 0 fully saturated rings. The molecule has 0 saturated heterocycles. The molecule has 2 aromatic carbocycles. The van der Waals surface area contributed by atoms with Gasteiger partial charge in [-0.3, -0.25) is 9.59 Å². The minimum absolute atomic E-state index is 0.0474. The monoisotopic (exact) mass is 350 g/mol. The maximum atomic E-state index is 12.5. The summed E-state index contributed by atoms with van der Waals surface area (Å²) in [5.74, 6) is 0.380. The Morgan fingerprint density at radius 1 is 1.15 bits per heavy atom. The fourth-order valence-corrected chi connectivity index (χ4v) is 2.94. The van der Waals surface area contributed by atoms with Gasteiger partial charge in [-0.2, -0.15) is 0 Å². The van der Waals surface area contributed by atoms with Gasteiger partial charge in [0.15, 0.2) is 0 Å². The second kappa shape index (κ2) is 7.44. The van der Waals surface area contributed by atoms with Crippen LogP contribution < -0.4 is 10.1 Å². The summed E-state index contributed by atoms with van der Waals surface area (Å²) in [5, 5.41) is 2.91. The molecule has 0 aliphatic carbocycles. The summed E-state index contributed by atoms with van der Waals surface area (Å²) in [4.78, 5) is 26.0. The van der Waals surface area contributed by atoms with E-state index in [0.717, 1.165) is 11.1 Å². The van der Waals surface area contributed by atoms with Crippen LogP contribution in [0.1, 0.15) is 35.3 Å². The molecule has 0 bridgehead atoms. The van der Waals surface area contributed by atoms with Crippen LogP contribution in [-0.4, -0.2) is 22.8 Å². The van der Waals surface area contributed by atoms with Gasteiger partial charge in [-0.15, -0.1) is 0 Å². The van der Waals surface area contributed by atoms with E-state index in [9.17, 15) is 9.59 Å². The van der Waals surface area contributed by atoms with Gasteiger partial charge in [0.2, 0.25) is 5.91 Å². The Morgan fingerprint density at radius 2 is 1.92 bits per heavy atom. The van der Waals surface area contributed by atoms with E-state index >= 15 is 0 Å². The number of carbonyl (C=O) groups is 2. The molecule has 2 amide bonds. The van der Waals surface area contributed by atoms with Gasteiger partial charge in [0, 0.05) is 24.3 Å². The van der Waals surface area contributed by atoms with E-state index in [-0.39, 0.29) is 17.9 Å². The molecule has 5 nitrogen and oxygen atoms in total. The first-order chi connectivity index (χ1) is 12.5. The van der Waals surface area contributed by atoms with Gasteiger partial charge in [0.25, 0.3) is 5.91 Å². The number of hydrogen-bond acceptors (Lipinski definition) is 3. The van der Waals surface area contributed by atoms with Crippen LogP contribution in [0.4, 0.5) is 5.69 Å². The number of benzene rings is 2. The number of amides is 2. The van der Waals surface area contributed by atoms with Gasteiger partial charge < -0.3 is 15.0 Å². The minimum atomic E-state index is -0.198. The van der Waals surface area contributed by atoms with E-state index in [2.05, 4.69) is 11.9 Å². The molecule has 2 aromatic rings. The maximum Gasteiger partial charge on any atom is 0.255 e. The Bertz CT molecular complexity index is 858.